The van der Waals surface area contributed by atoms with Gasteiger partial charge in [0.15, 0.2) is 11.3 Å². The van der Waals surface area contributed by atoms with E-state index in [1.165, 1.54) is 13.2 Å². The van der Waals surface area contributed by atoms with Gasteiger partial charge in [0.25, 0.3) is 0 Å². The summed E-state index contributed by atoms with van der Waals surface area (Å²) < 4.78 is 62.8. The minimum Gasteiger partial charge on any atom is -0.494 e. The first-order valence-corrected chi connectivity index (χ1v) is 11.7. The molecular formula is C26H27F3N2O5. The van der Waals surface area contributed by atoms with Gasteiger partial charge >= 0.3 is 12.1 Å². The molecule has 0 radical (unpaired) electrons. The van der Waals surface area contributed by atoms with Crippen LogP contribution >= 0.6 is 0 Å². The van der Waals surface area contributed by atoms with Crippen molar-refractivity contribution in [3.05, 3.63) is 53.9 Å². The molecule has 0 aliphatic heterocycles. The molecule has 0 unspecified atom stereocenters. The second kappa shape index (κ2) is 10.9. The Labute approximate surface area is 205 Å². The Balaban J connectivity index is 1.30. The molecule has 0 spiro atoms. The second-order valence-electron chi connectivity index (χ2n) is 8.34. The monoisotopic (exact) mass is 504 g/mol. The molecule has 10 heteroatoms. The Morgan fingerprint density at radius 2 is 1.86 bits per heavy atom. The van der Waals surface area contributed by atoms with E-state index in [9.17, 15) is 18.0 Å². The normalized spacial score (nSPS) is 11.8. The average Bonchev–Trinajstić information content (AvgIpc) is 3.46. The molecule has 4 aromatic rings. The first-order valence-electron chi connectivity index (χ1n) is 11.7. The van der Waals surface area contributed by atoms with Crippen LogP contribution in [-0.2, 0) is 28.7 Å². The van der Waals surface area contributed by atoms with Gasteiger partial charge < -0.3 is 23.3 Å². The Bertz CT molecular complexity index is 1340. The molecule has 0 atom stereocenters. The zero-order chi connectivity index (χ0) is 25.7. The van der Waals surface area contributed by atoms with Crippen molar-refractivity contribution >= 4 is 27.8 Å². The number of carbonyl (C=O) groups excluding carboxylic acids is 1. The molecule has 0 bridgehead atoms. The number of methoxy groups -OCH3 is 1. The van der Waals surface area contributed by atoms with Crippen molar-refractivity contribution in [1.82, 2.24) is 9.72 Å². The van der Waals surface area contributed by atoms with Crippen LogP contribution in [0.5, 0.6) is 11.5 Å². The van der Waals surface area contributed by atoms with Crippen molar-refractivity contribution < 1.29 is 36.7 Å². The highest BCUT2D eigenvalue weighted by atomic mass is 19.4. The van der Waals surface area contributed by atoms with E-state index in [2.05, 4.69) is 5.16 Å². The lowest BCUT2D eigenvalue weighted by Crippen LogP contribution is -2.10. The summed E-state index contributed by atoms with van der Waals surface area (Å²) in [6.07, 6.45) is -0.0725. The lowest BCUT2D eigenvalue weighted by Gasteiger charge is -2.12. The molecule has 36 heavy (non-hydrogen) atoms. The molecule has 2 heterocycles. The number of carbonyl (C=O) groups is 1. The van der Waals surface area contributed by atoms with Crippen LogP contribution in [0.15, 0.2) is 47.1 Å². The Kier molecular flexibility index (Phi) is 7.71. The molecule has 0 N–H and O–H groups in total. The first-order chi connectivity index (χ1) is 17.3. The number of alkyl halides is 3. The van der Waals surface area contributed by atoms with E-state index in [-0.39, 0.29) is 23.5 Å². The second-order valence-corrected chi connectivity index (χ2v) is 8.34. The summed E-state index contributed by atoms with van der Waals surface area (Å²) in [5.74, 6) is 0.918. The van der Waals surface area contributed by atoms with Gasteiger partial charge in [0.1, 0.15) is 18.0 Å². The lowest BCUT2D eigenvalue weighted by molar-refractivity contribution is -0.142. The molecule has 0 amide bonds. The maximum absolute atomic E-state index is 13.2. The van der Waals surface area contributed by atoms with Crippen LogP contribution in [-0.4, -0.2) is 36.0 Å². The van der Waals surface area contributed by atoms with Gasteiger partial charge in [-0.05, 0) is 55.7 Å². The summed E-state index contributed by atoms with van der Waals surface area (Å²) in [5.41, 5.74) is 0.620. The third kappa shape index (κ3) is 5.58. The van der Waals surface area contributed by atoms with Gasteiger partial charge in [-0.15, -0.1) is 0 Å². The van der Waals surface area contributed by atoms with Gasteiger partial charge in [-0.2, -0.15) is 13.2 Å². The largest absolute Gasteiger partial charge is 0.494 e. The number of ether oxygens (including phenoxy) is 3. The number of rotatable bonds is 11. The number of fused-ring (bicyclic) bond motifs is 2. The molecular weight excluding hydrogens is 477 g/mol. The molecule has 2 aromatic carbocycles. The predicted molar refractivity (Wildman–Crippen MR) is 127 cm³/mol. The smallest absolute Gasteiger partial charge is 0.437 e. The van der Waals surface area contributed by atoms with Gasteiger partial charge in [0, 0.05) is 22.7 Å². The molecule has 0 saturated heterocycles. The number of esters is 1. The third-order valence-electron chi connectivity index (χ3n) is 5.80. The minimum atomic E-state index is -4.57. The Hall–Kier alpha value is -3.69. The van der Waals surface area contributed by atoms with Gasteiger partial charge in [0.05, 0.1) is 25.7 Å². The molecule has 4 rings (SSSR count). The van der Waals surface area contributed by atoms with Crippen molar-refractivity contribution in [2.24, 2.45) is 0 Å². The van der Waals surface area contributed by atoms with Crippen LogP contribution in [0.3, 0.4) is 0 Å². The number of halogens is 3. The number of hydrogen-bond donors (Lipinski definition) is 0. The quantitative estimate of drug-likeness (QED) is 0.180. The van der Waals surface area contributed by atoms with Crippen LogP contribution in [0.4, 0.5) is 13.2 Å². The minimum absolute atomic E-state index is 0.0516. The van der Waals surface area contributed by atoms with Gasteiger partial charge in [-0.3, -0.25) is 4.79 Å². The van der Waals surface area contributed by atoms with E-state index in [0.29, 0.717) is 37.4 Å². The number of unbranched alkanes of at least 4 members (excludes halogenated alkanes) is 1. The molecule has 0 fully saturated rings. The van der Waals surface area contributed by atoms with Crippen LogP contribution in [0.2, 0.25) is 0 Å². The van der Waals surface area contributed by atoms with Crippen molar-refractivity contribution in [3.63, 3.8) is 0 Å². The third-order valence-corrected chi connectivity index (χ3v) is 5.80. The number of aryl methyl sites for hydroxylation is 1. The van der Waals surface area contributed by atoms with Crippen molar-refractivity contribution in [1.29, 1.82) is 0 Å². The maximum atomic E-state index is 13.2. The molecule has 192 valence electrons. The Morgan fingerprint density at radius 1 is 1.08 bits per heavy atom. The predicted octanol–water partition coefficient (Wildman–Crippen LogP) is 6.16. The molecule has 2 aromatic heterocycles. The van der Waals surface area contributed by atoms with E-state index >= 15 is 0 Å². The highest BCUT2D eigenvalue weighted by Crippen LogP contribution is 2.38. The fourth-order valence-electron chi connectivity index (χ4n) is 4.05. The number of hydrogen-bond acceptors (Lipinski definition) is 6. The summed E-state index contributed by atoms with van der Waals surface area (Å²) in [6.45, 7) is 2.95. The summed E-state index contributed by atoms with van der Waals surface area (Å²) in [7, 11) is 1.36. The highest BCUT2D eigenvalue weighted by molar-refractivity contribution is 5.85. The van der Waals surface area contributed by atoms with Crippen LogP contribution in [0.25, 0.3) is 21.9 Å². The van der Waals surface area contributed by atoms with E-state index in [4.69, 9.17) is 18.7 Å². The van der Waals surface area contributed by atoms with E-state index in [1.807, 2.05) is 42.0 Å². The fourth-order valence-corrected chi connectivity index (χ4v) is 4.05. The van der Waals surface area contributed by atoms with Crippen LogP contribution in [0.1, 0.15) is 37.4 Å². The summed E-state index contributed by atoms with van der Waals surface area (Å²) in [5, 5.41) is 4.15. The zero-order valence-corrected chi connectivity index (χ0v) is 20.1. The standard InChI is InChI=1S/C26H27F3N2O5/c1-3-6-19-22(10-8-20-24(19)36-30-25(20)26(27,28)29)35-14-5-4-13-34-18-7-9-21-17(15-18)11-12-31(21)16-23(32)33-2/h7-12,15H,3-6,13-14,16H2,1-2H3. The van der Waals surface area contributed by atoms with Gasteiger partial charge in [0.2, 0.25) is 0 Å². The maximum Gasteiger partial charge on any atom is 0.437 e. The molecule has 7 nitrogen and oxygen atoms in total. The number of aromatic nitrogens is 2. The number of nitrogens with zero attached hydrogens (tertiary/aromatic N) is 2. The Morgan fingerprint density at radius 3 is 2.58 bits per heavy atom. The van der Waals surface area contributed by atoms with Gasteiger partial charge in [-0.1, -0.05) is 18.5 Å². The van der Waals surface area contributed by atoms with Crippen molar-refractivity contribution in [2.75, 3.05) is 20.3 Å². The molecule has 0 saturated carbocycles. The topological polar surface area (TPSA) is 75.7 Å². The zero-order valence-electron chi connectivity index (χ0n) is 20.1. The molecule has 0 aliphatic rings. The first kappa shape index (κ1) is 25.4. The highest BCUT2D eigenvalue weighted by Gasteiger charge is 2.37. The summed E-state index contributed by atoms with van der Waals surface area (Å²) in [4.78, 5) is 11.5. The lowest BCUT2D eigenvalue weighted by atomic mass is 10.0. The average molecular weight is 505 g/mol. The summed E-state index contributed by atoms with van der Waals surface area (Å²) >= 11 is 0. The van der Waals surface area contributed by atoms with Gasteiger partial charge in [-0.25, -0.2) is 0 Å². The molecule has 0 aliphatic carbocycles. The van der Waals surface area contributed by atoms with E-state index in [1.54, 1.807) is 6.07 Å². The SMILES string of the molecule is CCCc1c(OCCCCOc2ccc3c(ccn3CC(=O)OC)c2)ccc2c(C(F)(F)F)noc12. The van der Waals surface area contributed by atoms with Crippen molar-refractivity contribution in [3.8, 4) is 11.5 Å². The summed E-state index contributed by atoms with van der Waals surface area (Å²) in [6, 6.07) is 10.5. The van der Waals surface area contributed by atoms with E-state index in [0.717, 1.165) is 29.5 Å². The van der Waals surface area contributed by atoms with Crippen LogP contribution < -0.4 is 9.47 Å². The fraction of sp³-hybridized carbons (Fsp3) is 0.385. The number of benzene rings is 2. The van der Waals surface area contributed by atoms with Crippen molar-refractivity contribution in [2.45, 2.75) is 45.3 Å². The van der Waals surface area contributed by atoms with E-state index < -0.39 is 11.9 Å². The van der Waals surface area contributed by atoms with Crippen LogP contribution in [0, 0.1) is 0 Å².